The van der Waals surface area contributed by atoms with Crippen molar-refractivity contribution in [2.24, 2.45) is 0 Å². The summed E-state index contributed by atoms with van der Waals surface area (Å²) >= 11 is 0. The molecule has 1 atom stereocenters. The summed E-state index contributed by atoms with van der Waals surface area (Å²) < 4.78 is 0. The molecule has 1 unspecified atom stereocenters. The molecule has 6 heteroatoms. The number of aryl methyl sites for hydroxylation is 1. The quantitative estimate of drug-likeness (QED) is 0.628. The normalized spacial score (nSPS) is 12.1. The van der Waals surface area contributed by atoms with E-state index in [-0.39, 0.29) is 17.7 Å². The van der Waals surface area contributed by atoms with Crippen LogP contribution in [0.1, 0.15) is 27.7 Å². The summed E-state index contributed by atoms with van der Waals surface area (Å²) in [7, 11) is 4.00. The molecule has 1 amide bonds. The Balaban J connectivity index is 1.70. The maximum atomic E-state index is 12.5. The van der Waals surface area contributed by atoms with E-state index in [1.165, 1.54) is 11.1 Å². The molecule has 0 aliphatic rings. The summed E-state index contributed by atoms with van der Waals surface area (Å²) in [6.07, 6.45) is 0. The molecule has 0 bridgehead atoms. The predicted octanol–water partition coefficient (Wildman–Crippen LogP) is 3.12. The Morgan fingerprint density at radius 2 is 1.89 bits per heavy atom. The first-order valence-electron chi connectivity index (χ1n) is 8.80. The first-order chi connectivity index (χ1) is 13.0. The van der Waals surface area contributed by atoms with Gasteiger partial charge in [0.2, 0.25) is 0 Å². The van der Waals surface area contributed by atoms with E-state index in [0.717, 1.165) is 5.56 Å². The number of aromatic amines is 1. The van der Waals surface area contributed by atoms with Gasteiger partial charge in [-0.1, -0.05) is 24.3 Å². The second-order valence-electron chi connectivity index (χ2n) is 6.76. The zero-order chi connectivity index (χ0) is 19.4. The lowest BCUT2D eigenvalue weighted by atomic mass is 10.0. The maximum Gasteiger partial charge on any atom is 0.269 e. The van der Waals surface area contributed by atoms with Crippen LogP contribution >= 0.6 is 0 Å². The summed E-state index contributed by atoms with van der Waals surface area (Å²) in [4.78, 5) is 14.6. The number of carbonyl (C=O) groups is 1. The molecule has 0 fully saturated rings. The van der Waals surface area contributed by atoms with Gasteiger partial charge in [0, 0.05) is 12.1 Å². The number of phenols is 1. The van der Waals surface area contributed by atoms with Crippen molar-refractivity contribution in [1.82, 2.24) is 20.4 Å². The summed E-state index contributed by atoms with van der Waals surface area (Å²) in [5, 5.41) is 19.3. The van der Waals surface area contributed by atoms with E-state index in [9.17, 15) is 9.90 Å². The van der Waals surface area contributed by atoms with E-state index < -0.39 is 0 Å². The minimum Gasteiger partial charge on any atom is -0.508 e. The zero-order valence-electron chi connectivity index (χ0n) is 15.7. The molecular formula is C21H24N4O2. The maximum absolute atomic E-state index is 12.5. The SMILES string of the molecule is Cc1ccccc1C(CNC(=O)c1cc(-c2ccc(O)cc2)n[nH]1)N(C)C. The van der Waals surface area contributed by atoms with Crippen molar-refractivity contribution >= 4 is 5.91 Å². The molecule has 3 aromatic rings. The predicted molar refractivity (Wildman–Crippen MR) is 106 cm³/mol. The van der Waals surface area contributed by atoms with Crippen molar-refractivity contribution in [3.05, 3.63) is 71.4 Å². The Kier molecular flexibility index (Phi) is 5.57. The van der Waals surface area contributed by atoms with Gasteiger partial charge in [-0.15, -0.1) is 0 Å². The lowest BCUT2D eigenvalue weighted by Gasteiger charge is -2.26. The Labute approximate surface area is 158 Å². The fourth-order valence-corrected chi connectivity index (χ4v) is 3.03. The molecule has 6 nitrogen and oxygen atoms in total. The molecule has 1 heterocycles. The molecule has 0 aliphatic carbocycles. The van der Waals surface area contributed by atoms with E-state index in [1.807, 2.05) is 26.2 Å². The average Bonchev–Trinajstić information content (AvgIpc) is 3.14. The highest BCUT2D eigenvalue weighted by Crippen LogP contribution is 2.22. The third kappa shape index (κ3) is 4.35. The zero-order valence-corrected chi connectivity index (χ0v) is 15.7. The van der Waals surface area contributed by atoms with Crippen LogP contribution < -0.4 is 5.32 Å². The number of phenolic OH excluding ortho intramolecular Hbond substituents is 1. The average molecular weight is 364 g/mol. The van der Waals surface area contributed by atoms with Crippen molar-refractivity contribution in [2.75, 3.05) is 20.6 Å². The Bertz CT molecular complexity index is 916. The molecule has 3 rings (SSSR count). The van der Waals surface area contributed by atoms with E-state index in [2.05, 4.69) is 39.5 Å². The van der Waals surface area contributed by atoms with Crippen LogP contribution in [-0.2, 0) is 0 Å². The number of likely N-dealkylation sites (N-methyl/N-ethyl adjacent to an activating group) is 1. The summed E-state index contributed by atoms with van der Waals surface area (Å²) in [6.45, 7) is 2.57. The topological polar surface area (TPSA) is 81.2 Å². The standard InChI is InChI=1S/C21H24N4O2/c1-14-6-4-5-7-17(14)20(25(2)3)13-22-21(27)19-12-18(23-24-19)15-8-10-16(26)11-9-15/h4-12,20,26H,13H2,1-3H3,(H,22,27)(H,23,24). The van der Waals surface area contributed by atoms with Gasteiger partial charge in [-0.3, -0.25) is 9.89 Å². The number of nitrogens with zero attached hydrogens (tertiary/aromatic N) is 2. The first-order valence-corrected chi connectivity index (χ1v) is 8.80. The van der Waals surface area contributed by atoms with Crippen LogP contribution in [0.15, 0.2) is 54.6 Å². The van der Waals surface area contributed by atoms with Gasteiger partial charge in [-0.25, -0.2) is 0 Å². The smallest absolute Gasteiger partial charge is 0.269 e. The molecule has 140 valence electrons. The number of amides is 1. The van der Waals surface area contributed by atoms with Gasteiger partial charge in [-0.05, 0) is 62.5 Å². The van der Waals surface area contributed by atoms with Gasteiger partial charge in [-0.2, -0.15) is 5.10 Å². The van der Waals surface area contributed by atoms with Crippen LogP contribution in [0.5, 0.6) is 5.75 Å². The van der Waals surface area contributed by atoms with Gasteiger partial charge in [0.05, 0.1) is 11.7 Å². The molecule has 27 heavy (non-hydrogen) atoms. The number of aromatic nitrogens is 2. The summed E-state index contributed by atoms with van der Waals surface area (Å²) in [5.41, 5.74) is 4.27. The van der Waals surface area contributed by atoms with Crippen LogP contribution in [0.25, 0.3) is 11.3 Å². The van der Waals surface area contributed by atoms with Crippen molar-refractivity contribution in [3.8, 4) is 17.0 Å². The van der Waals surface area contributed by atoms with Crippen molar-refractivity contribution in [1.29, 1.82) is 0 Å². The Morgan fingerprint density at radius 1 is 1.19 bits per heavy atom. The molecule has 2 aromatic carbocycles. The van der Waals surface area contributed by atoms with Gasteiger partial charge < -0.3 is 15.3 Å². The molecule has 0 aliphatic heterocycles. The minimum atomic E-state index is -0.201. The van der Waals surface area contributed by atoms with Crippen LogP contribution in [0.2, 0.25) is 0 Å². The third-order valence-electron chi connectivity index (χ3n) is 4.61. The molecule has 0 radical (unpaired) electrons. The van der Waals surface area contributed by atoms with Crippen molar-refractivity contribution < 1.29 is 9.90 Å². The first kappa shape index (κ1) is 18.7. The van der Waals surface area contributed by atoms with Crippen LogP contribution in [0.4, 0.5) is 0 Å². The molecule has 3 N–H and O–H groups in total. The van der Waals surface area contributed by atoms with Crippen LogP contribution in [-0.4, -0.2) is 46.8 Å². The van der Waals surface area contributed by atoms with Gasteiger partial charge in [0.1, 0.15) is 11.4 Å². The summed E-state index contributed by atoms with van der Waals surface area (Å²) in [6, 6.07) is 16.7. The monoisotopic (exact) mass is 364 g/mol. The summed E-state index contributed by atoms with van der Waals surface area (Å²) in [5.74, 6) is -0.00820. The molecule has 0 saturated heterocycles. The van der Waals surface area contributed by atoms with E-state index in [1.54, 1.807) is 30.3 Å². The Morgan fingerprint density at radius 3 is 2.56 bits per heavy atom. The van der Waals surface area contributed by atoms with E-state index >= 15 is 0 Å². The molecule has 0 saturated carbocycles. The molecule has 1 aromatic heterocycles. The number of nitrogens with one attached hydrogen (secondary N) is 2. The van der Waals surface area contributed by atoms with Crippen LogP contribution in [0.3, 0.4) is 0 Å². The number of aromatic hydroxyl groups is 1. The molecule has 0 spiro atoms. The van der Waals surface area contributed by atoms with Crippen LogP contribution in [0, 0.1) is 6.92 Å². The van der Waals surface area contributed by atoms with Crippen molar-refractivity contribution in [3.63, 3.8) is 0 Å². The molecular weight excluding hydrogens is 340 g/mol. The number of carbonyl (C=O) groups excluding carboxylic acids is 1. The second kappa shape index (κ2) is 8.05. The largest absolute Gasteiger partial charge is 0.508 e. The van der Waals surface area contributed by atoms with E-state index in [0.29, 0.717) is 17.9 Å². The lowest BCUT2D eigenvalue weighted by molar-refractivity contribution is 0.0936. The second-order valence-corrected chi connectivity index (χ2v) is 6.76. The highest BCUT2D eigenvalue weighted by atomic mass is 16.3. The fraction of sp³-hybridized carbons (Fsp3) is 0.238. The third-order valence-corrected chi connectivity index (χ3v) is 4.61. The number of hydrogen-bond acceptors (Lipinski definition) is 4. The lowest BCUT2D eigenvalue weighted by Crippen LogP contribution is -2.35. The fourth-order valence-electron chi connectivity index (χ4n) is 3.03. The highest BCUT2D eigenvalue weighted by molar-refractivity contribution is 5.93. The van der Waals surface area contributed by atoms with Gasteiger partial charge >= 0.3 is 0 Å². The number of H-pyrrole nitrogens is 1. The van der Waals surface area contributed by atoms with Gasteiger partial charge in [0.15, 0.2) is 0 Å². The minimum absolute atomic E-state index is 0.0784. The number of rotatable bonds is 6. The van der Waals surface area contributed by atoms with E-state index in [4.69, 9.17) is 0 Å². The van der Waals surface area contributed by atoms with Gasteiger partial charge in [0.25, 0.3) is 5.91 Å². The van der Waals surface area contributed by atoms with Crippen molar-refractivity contribution in [2.45, 2.75) is 13.0 Å². The number of hydrogen-bond donors (Lipinski definition) is 3. The Hall–Kier alpha value is -3.12. The number of benzene rings is 2. The highest BCUT2D eigenvalue weighted by Gasteiger charge is 2.18.